The second-order valence-corrected chi connectivity index (χ2v) is 24.6. The molecule has 8 aromatic rings. The molecular weight excluding hydrogens is 927 g/mol. The van der Waals surface area contributed by atoms with Gasteiger partial charge in [-0.3, -0.25) is 0 Å². The largest absolute Gasteiger partial charge is 0.0870 e. The summed E-state index contributed by atoms with van der Waals surface area (Å²) in [6.45, 7) is 11.5. The van der Waals surface area contributed by atoms with E-state index in [0.29, 0.717) is 0 Å². The van der Waals surface area contributed by atoms with Crippen molar-refractivity contribution in [1.82, 2.24) is 0 Å². The van der Waals surface area contributed by atoms with Crippen LogP contribution >= 0.6 is 15.8 Å². The first-order valence-corrected chi connectivity index (χ1v) is 28.9. The fraction of sp³-hybridized carbons (Fsp3) is 0.111. The molecule has 8 aromatic carbocycles. The summed E-state index contributed by atoms with van der Waals surface area (Å²) in [5, 5.41) is 8.16. The van der Waals surface area contributed by atoms with E-state index in [1.165, 1.54) is 126 Å². The molecule has 5 aliphatic rings. The lowest BCUT2D eigenvalue weighted by molar-refractivity contribution is 0.747. The van der Waals surface area contributed by atoms with Gasteiger partial charge in [-0.2, -0.15) is 0 Å². The van der Waals surface area contributed by atoms with Crippen LogP contribution in [0, 0.1) is 0 Å². The van der Waals surface area contributed by atoms with E-state index in [4.69, 9.17) is 0 Å². The summed E-state index contributed by atoms with van der Waals surface area (Å²) in [4.78, 5) is 0. The molecule has 2 spiro atoms. The minimum atomic E-state index is -0.997. The quantitative estimate of drug-likeness (QED) is 0.0999. The van der Waals surface area contributed by atoms with Gasteiger partial charge in [0.15, 0.2) is 0 Å². The molecule has 0 nitrogen and oxygen atoms in total. The molecular formula is C72H58P2. The fourth-order valence-corrected chi connectivity index (χ4v) is 18.6. The average Bonchev–Trinajstić information content (AvgIpc) is 4.03. The topological polar surface area (TPSA) is 0 Å². The van der Waals surface area contributed by atoms with Crippen molar-refractivity contribution in [2.45, 2.75) is 51.9 Å². The van der Waals surface area contributed by atoms with E-state index in [2.05, 4.69) is 283 Å². The minimum absolute atomic E-state index is 0.396. The van der Waals surface area contributed by atoms with Crippen LogP contribution in [-0.4, -0.2) is 0 Å². The second-order valence-electron chi connectivity index (χ2n) is 20.2. The molecule has 74 heavy (non-hydrogen) atoms. The van der Waals surface area contributed by atoms with Gasteiger partial charge in [-0.1, -0.05) is 243 Å². The number of hydrogen-bond donors (Lipinski definition) is 0. The highest BCUT2D eigenvalue weighted by molar-refractivity contribution is 7.80. The Morgan fingerprint density at radius 3 is 1.66 bits per heavy atom. The summed E-state index contributed by atoms with van der Waals surface area (Å²) in [5.74, 6) is 0. The highest BCUT2D eigenvalue weighted by atomic mass is 31.1. The van der Waals surface area contributed by atoms with Crippen LogP contribution in [0.25, 0.3) is 27.8 Å². The lowest BCUT2D eigenvalue weighted by Gasteiger charge is -2.35. The maximum absolute atomic E-state index is 2.61. The van der Waals surface area contributed by atoms with Gasteiger partial charge in [0.05, 0.1) is 10.8 Å². The Morgan fingerprint density at radius 1 is 0.473 bits per heavy atom. The molecule has 0 saturated carbocycles. The zero-order chi connectivity index (χ0) is 50.1. The molecule has 0 saturated heterocycles. The van der Waals surface area contributed by atoms with E-state index >= 15 is 0 Å². The van der Waals surface area contributed by atoms with E-state index in [-0.39, 0.29) is 0 Å². The number of rotatable bonds is 9. The Labute approximate surface area is 440 Å². The Kier molecular flexibility index (Phi) is 11.6. The third kappa shape index (κ3) is 6.68. The molecule has 13 rings (SSSR count). The first-order valence-electron chi connectivity index (χ1n) is 26.2. The minimum Gasteiger partial charge on any atom is -0.0870 e. The van der Waals surface area contributed by atoms with Crippen LogP contribution in [0.4, 0.5) is 0 Å². The van der Waals surface area contributed by atoms with Crippen molar-refractivity contribution < 1.29 is 0 Å². The molecule has 0 fully saturated rings. The van der Waals surface area contributed by atoms with Crippen LogP contribution in [-0.2, 0) is 10.8 Å². The van der Waals surface area contributed by atoms with Gasteiger partial charge in [-0.05, 0) is 189 Å². The lowest BCUT2D eigenvalue weighted by atomic mass is 9.67. The van der Waals surface area contributed by atoms with E-state index < -0.39 is 26.7 Å². The molecule has 5 aliphatic carbocycles. The van der Waals surface area contributed by atoms with Crippen molar-refractivity contribution in [1.29, 1.82) is 0 Å². The highest BCUT2D eigenvalue weighted by Gasteiger charge is 2.54. The Morgan fingerprint density at radius 2 is 0.986 bits per heavy atom. The average molecular weight is 985 g/mol. The molecule has 356 valence electrons. The van der Waals surface area contributed by atoms with Gasteiger partial charge in [0.2, 0.25) is 0 Å². The highest BCUT2D eigenvalue weighted by Crippen LogP contribution is 2.65. The van der Waals surface area contributed by atoms with Gasteiger partial charge in [-0.15, -0.1) is 0 Å². The van der Waals surface area contributed by atoms with Crippen molar-refractivity contribution in [2.24, 2.45) is 0 Å². The van der Waals surface area contributed by atoms with Crippen molar-refractivity contribution in [3.05, 3.63) is 321 Å². The number of hydrogen-bond acceptors (Lipinski definition) is 0. The Bertz CT molecular complexity index is 3850. The van der Waals surface area contributed by atoms with Crippen LogP contribution < -0.4 is 26.5 Å². The van der Waals surface area contributed by atoms with Gasteiger partial charge in [0.1, 0.15) is 0 Å². The molecule has 0 heterocycles. The van der Waals surface area contributed by atoms with E-state index in [1.807, 2.05) is 0 Å². The molecule has 0 aromatic heterocycles. The van der Waals surface area contributed by atoms with Gasteiger partial charge in [0.25, 0.3) is 0 Å². The van der Waals surface area contributed by atoms with Crippen molar-refractivity contribution in [2.75, 3.05) is 0 Å². The second kappa shape index (κ2) is 18.5. The van der Waals surface area contributed by atoms with Gasteiger partial charge in [-0.25, -0.2) is 0 Å². The monoisotopic (exact) mass is 984 g/mol. The van der Waals surface area contributed by atoms with Crippen molar-refractivity contribution in [3.8, 4) is 11.1 Å². The Balaban J connectivity index is 0.983. The first kappa shape index (κ1) is 46.3. The van der Waals surface area contributed by atoms with Crippen LogP contribution in [0.3, 0.4) is 0 Å². The maximum atomic E-state index is 2.61. The van der Waals surface area contributed by atoms with Crippen LogP contribution in [0.15, 0.2) is 276 Å². The van der Waals surface area contributed by atoms with Gasteiger partial charge in [0, 0.05) is 0 Å². The van der Waals surface area contributed by atoms with E-state index in [1.54, 1.807) is 0 Å². The number of allylic oxidation sites excluding steroid dienone is 16. The summed E-state index contributed by atoms with van der Waals surface area (Å²) in [6.07, 6.45) is 19.4. The molecule has 0 amide bonds. The SMILES string of the molecule is C/C=C\C1=C(C)C2(C(/C(C)=C(\C=C/C)P(c3ccccc3)c3ccc(P(c4ccccc4)c4ccc5c(c4)C4(C6=C(CC=CC=C6)c6ccccc64)c4ccccc4-5)cc3)=C(C)c3ccccc32)c2ccccc21. The predicted octanol–water partition coefficient (Wildman–Crippen LogP) is 16.5. The van der Waals surface area contributed by atoms with E-state index in [0.717, 1.165) is 6.42 Å². The molecule has 4 unspecified atom stereocenters. The zero-order valence-electron chi connectivity index (χ0n) is 42.8. The summed E-state index contributed by atoms with van der Waals surface area (Å²) in [5.41, 5.74) is 22.6. The molecule has 0 N–H and O–H groups in total. The first-order chi connectivity index (χ1) is 36.4. The smallest absolute Gasteiger partial charge is 0.0722 e. The zero-order valence-corrected chi connectivity index (χ0v) is 44.6. The summed E-state index contributed by atoms with van der Waals surface area (Å²) < 4.78 is 0. The fourth-order valence-electron chi connectivity index (χ4n) is 13.8. The summed E-state index contributed by atoms with van der Waals surface area (Å²) >= 11 is 0. The van der Waals surface area contributed by atoms with Crippen molar-refractivity contribution >= 4 is 59.1 Å². The van der Waals surface area contributed by atoms with Gasteiger partial charge >= 0.3 is 0 Å². The Hall–Kier alpha value is -7.46. The van der Waals surface area contributed by atoms with Crippen LogP contribution in [0.5, 0.6) is 0 Å². The summed E-state index contributed by atoms with van der Waals surface area (Å²) in [6, 6.07) is 76.8. The van der Waals surface area contributed by atoms with E-state index in [9.17, 15) is 0 Å². The molecule has 0 radical (unpaired) electrons. The molecule has 2 heteroatoms. The normalized spacial score (nSPS) is 20.0. The third-order valence-corrected chi connectivity index (χ3v) is 21.6. The van der Waals surface area contributed by atoms with Gasteiger partial charge < -0.3 is 0 Å². The predicted molar refractivity (Wildman–Crippen MR) is 321 cm³/mol. The third-order valence-electron chi connectivity index (χ3n) is 16.6. The molecule has 0 bridgehead atoms. The molecule has 4 atom stereocenters. The lowest BCUT2D eigenvalue weighted by Crippen LogP contribution is -2.29. The molecule has 0 aliphatic heterocycles. The summed E-state index contributed by atoms with van der Waals surface area (Å²) in [7, 11) is -1.94. The van der Waals surface area contributed by atoms with Crippen molar-refractivity contribution in [3.63, 3.8) is 0 Å². The van der Waals surface area contributed by atoms with Crippen LogP contribution in [0.1, 0.15) is 85.5 Å². The van der Waals surface area contributed by atoms with Crippen LogP contribution in [0.2, 0.25) is 0 Å². The number of benzene rings is 8. The standard InChI is InChI=1S/C72H58P2/c1-6-25-57-50(5)71(64-38-22-18-33-58(57)64)63-37-21-17-31-56(63)48(3)70(71)49(4)69(26-7-2)74(52-29-13-9-14-30-52)54-43-41-53(42-44-54)73(51-27-11-8-12-28-51)55-45-46-62-61-35-20-24-40-67(61)72(68(62)47-55)65-36-16-10-15-32-59(65)60-34-19-23-39-66(60)72/h6-31,33-47H,32H2,1-5H3/b25-6-,26-7-,69-49+. The maximum Gasteiger partial charge on any atom is 0.0722 e. The number of fused-ring (bicyclic) bond motifs is 13.